The summed E-state index contributed by atoms with van der Waals surface area (Å²) < 4.78 is 39.4. The Morgan fingerprint density at radius 3 is 2.84 bits per heavy atom. The minimum absolute atomic E-state index is 0.0269. The Morgan fingerprint density at radius 2 is 2.10 bits per heavy atom. The summed E-state index contributed by atoms with van der Waals surface area (Å²) in [7, 11) is 0. The van der Waals surface area contributed by atoms with Gasteiger partial charge in [0.25, 0.3) is 0 Å². The van der Waals surface area contributed by atoms with Gasteiger partial charge in [-0.15, -0.1) is 0 Å². The van der Waals surface area contributed by atoms with Crippen LogP contribution in [0.4, 0.5) is 8.78 Å². The van der Waals surface area contributed by atoms with Crippen LogP contribution in [0.1, 0.15) is 59.3 Å². The summed E-state index contributed by atoms with van der Waals surface area (Å²) in [5.41, 5.74) is 2.47. The number of carbonyl (C=O) groups is 1. The average Bonchev–Trinajstić information content (AvgIpc) is 3.22. The zero-order valence-corrected chi connectivity index (χ0v) is 17.4. The van der Waals surface area contributed by atoms with Crippen molar-refractivity contribution in [2.45, 2.75) is 38.3 Å². The lowest BCUT2D eigenvalue weighted by molar-refractivity contribution is 0.0846. The third kappa shape index (κ3) is 4.74. The normalized spacial score (nSPS) is 15.8. The molecule has 0 N–H and O–H groups in total. The van der Waals surface area contributed by atoms with Crippen molar-refractivity contribution in [3.8, 4) is 5.75 Å². The van der Waals surface area contributed by atoms with E-state index in [0.29, 0.717) is 23.8 Å². The molecule has 0 amide bonds. The van der Waals surface area contributed by atoms with E-state index in [-0.39, 0.29) is 23.6 Å². The molecule has 31 heavy (non-hydrogen) atoms. The molecule has 4 heterocycles. The molecule has 0 bridgehead atoms. The first-order valence-corrected chi connectivity index (χ1v) is 10.5. The van der Waals surface area contributed by atoms with E-state index < -0.39 is 12.8 Å². The fourth-order valence-corrected chi connectivity index (χ4v) is 3.82. The molecular weight excluding hydrogens is 404 g/mol. The SMILES string of the molecule is CCOc1cc2nc(C3CCOCC3)cn2cc1CC(=O)c1cccc(C(F)CF)n1. The quantitative estimate of drug-likeness (QED) is 0.496. The van der Waals surface area contributed by atoms with Crippen molar-refractivity contribution < 1.29 is 23.0 Å². The number of aromatic nitrogens is 3. The molecule has 1 aliphatic rings. The van der Waals surface area contributed by atoms with Crippen molar-refractivity contribution in [2.75, 3.05) is 26.5 Å². The Hall–Kier alpha value is -2.87. The highest BCUT2D eigenvalue weighted by Gasteiger charge is 2.21. The monoisotopic (exact) mass is 429 g/mol. The largest absolute Gasteiger partial charge is 0.493 e. The van der Waals surface area contributed by atoms with E-state index in [9.17, 15) is 13.6 Å². The van der Waals surface area contributed by atoms with E-state index in [1.807, 2.05) is 29.8 Å². The summed E-state index contributed by atoms with van der Waals surface area (Å²) in [6.07, 6.45) is 3.89. The van der Waals surface area contributed by atoms with Crippen molar-refractivity contribution in [2.24, 2.45) is 0 Å². The Morgan fingerprint density at radius 1 is 1.29 bits per heavy atom. The number of nitrogens with zero attached hydrogens (tertiary/aromatic N) is 3. The van der Waals surface area contributed by atoms with Gasteiger partial charge in [0, 0.05) is 49.6 Å². The minimum Gasteiger partial charge on any atom is -0.493 e. The summed E-state index contributed by atoms with van der Waals surface area (Å²) in [5, 5.41) is 0. The molecule has 0 saturated carbocycles. The number of imidazole rings is 1. The summed E-state index contributed by atoms with van der Waals surface area (Å²) in [6, 6.07) is 6.23. The molecule has 1 atom stereocenters. The third-order valence-electron chi connectivity index (χ3n) is 5.45. The van der Waals surface area contributed by atoms with Gasteiger partial charge < -0.3 is 13.9 Å². The molecule has 0 radical (unpaired) electrons. The highest BCUT2D eigenvalue weighted by atomic mass is 19.2. The van der Waals surface area contributed by atoms with Crippen LogP contribution in [0.3, 0.4) is 0 Å². The van der Waals surface area contributed by atoms with Crippen LogP contribution >= 0.6 is 0 Å². The smallest absolute Gasteiger partial charge is 0.185 e. The molecule has 6 nitrogen and oxygen atoms in total. The van der Waals surface area contributed by atoms with Crippen LogP contribution < -0.4 is 4.74 Å². The maximum atomic E-state index is 13.6. The maximum absolute atomic E-state index is 13.6. The first-order chi connectivity index (χ1) is 15.1. The molecule has 3 aromatic rings. The molecule has 164 valence electrons. The van der Waals surface area contributed by atoms with Crippen molar-refractivity contribution in [3.05, 3.63) is 59.3 Å². The maximum Gasteiger partial charge on any atom is 0.185 e. The van der Waals surface area contributed by atoms with Gasteiger partial charge in [-0.3, -0.25) is 4.79 Å². The molecule has 0 aromatic carbocycles. The van der Waals surface area contributed by atoms with Crippen molar-refractivity contribution in [3.63, 3.8) is 0 Å². The van der Waals surface area contributed by atoms with E-state index in [4.69, 9.17) is 14.5 Å². The van der Waals surface area contributed by atoms with Crippen molar-refractivity contribution in [1.82, 2.24) is 14.4 Å². The lowest BCUT2D eigenvalue weighted by atomic mass is 9.97. The molecule has 8 heteroatoms. The molecule has 0 aliphatic carbocycles. The molecular formula is C23H25F2N3O3. The van der Waals surface area contributed by atoms with E-state index in [1.165, 1.54) is 18.2 Å². The minimum atomic E-state index is -1.84. The topological polar surface area (TPSA) is 65.7 Å². The van der Waals surface area contributed by atoms with E-state index in [2.05, 4.69) is 4.98 Å². The Balaban J connectivity index is 1.62. The van der Waals surface area contributed by atoms with Gasteiger partial charge in [0.15, 0.2) is 12.0 Å². The van der Waals surface area contributed by atoms with Gasteiger partial charge in [-0.05, 0) is 31.9 Å². The zero-order valence-electron chi connectivity index (χ0n) is 17.4. The number of alkyl halides is 2. The number of hydrogen-bond acceptors (Lipinski definition) is 5. The van der Waals surface area contributed by atoms with E-state index in [0.717, 1.165) is 37.4 Å². The molecule has 4 rings (SSSR count). The lowest BCUT2D eigenvalue weighted by Gasteiger charge is -2.19. The number of ketones is 1. The molecule has 1 unspecified atom stereocenters. The summed E-state index contributed by atoms with van der Waals surface area (Å²) in [6.45, 7) is 2.61. The first-order valence-electron chi connectivity index (χ1n) is 10.5. The van der Waals surface area contributed by atoms with Crippen LogP contribution in [-0.2, 0) is 11.2 Å². The standard InChI is InChI=1S/C23H25F2N3O3/c1-2-31-22-11-23-27-20(15-6-8-30-9-7-15)14-28(23)13-16(22)10-21(29)19-5-3-4-18(26-19)17(25)12-24/h3-5,11,13-15,17H,2,6-10,12H2,1H3. The molecule has 1 saturated heterocycles. The average molecular weight is 429 g/mol. The number of ether oxygens (including phenoxy) is 2. The predicted octanol–water partition coefficient (Wildman–Crippen LogP) is 4.43. The fraction of sp³-hybridized carbons (Fsp3) is 0.435. The Kier molecular flexibility index (Phi) is 6.56. The van der Waals surface area contributed by atoms with Gasteiger partial charge in [-0.1, -0.05) is 6.07 Å². The second-order valence-electron chi connectivity index (χ2n) is 7.58. The van der Waals surface area contributed by atoms with Crippen LogP contribution in [0.15, 0.2) is 36.7 Å². The zero-order chi connectivity index (χ0) is 21.8. The number of Topliss-reactive ketones (excluding diaryl/α,β-unsaturated/α-hetero) is 1. The van der Waals surface area contributed by atoms with Gasteiger partial charge in [-0.25, -0.2) is 18.7 Å². The van der Waals surface area contributed by atoms with Gasteiger partial charge in [0.05, 0.1) is 18.0 Å². The van der Waals surface area contributed by atoms with Crippen LogP contribution in [-0.4, -0.2) is 46.6 Å². The van der Waals surface area contributed by atoms with Crippen LogP contribution in [0.25, 0.3) is 5.65 Å². The van der Waals surface area contributed by atoms with Gasteiger partial charge >= 0.3 is 0 Å². The summed E-state index contributed by atoms with van der Waals surface area (Å²) in [4.78, 5) is 21.6. The number of halogens is 2. The highest BCUT2D eigenvalue weighted by molar-refractivity contribution is 5.96. The number of hydrogen-bond donors (Lipinski definition) is 0. The second kappa shape index (κ2) is 9.51. The number of pyridine rings is 2. The molecule has 0 spiro atoms. The van der Waals surface area contributed by atoms with Crippen molar-refractivity contribution in [1.29, 1.82) is 0 Å². The Bertz CT molecular complexity index is 1060. The second-order valence-corrected chi connectivity index (χ2v) is 7.58. The van der Waals surface area contributed by atoms with Gasteiger partial charge in [0.2, 0.25) is 0 Å². The van der Waals surface area contributed by atoms with Crippen molar-refractivity contribution >= 4 is 11.4 Å². The predicted molar refractivity (Wildman–Crippen MR) is 111 cm³/mol. The van der Waals surface area contributed by atoms with E-state index in [1.54, 1.807) is 0 Å². The molecule has 3 aromatic heterocycles. The van der Waals surface area contributed by atoms with Crippen LogP contribution in [0, 0.1) is 0 Å². The third-order valence-corrected chi connectivity index (χ3v) is 5.45. The van der Waals surface area contributed by atoms with Gasteiger partial charge in [-0.2, -0.15) is 0 Å². The van der Waals surface area contributed by atoms with Gasteiger partial charge in [0.1, 0.15) is 23.8 Å². The van der Waals surface area contributed by atoms with E-state index >= 15 is 0 Å². The fourth-order valence-electron chi connectivity index (χ4n) is 3.82. The molecule has 1 aliphatic heterocycles. The summed E-state index contributed by atoms with van der Waals surface area (Å²) >= 11 is 0. The van der Waals surface area contributed by atoms with Crippen LogP contribution in [0.5, 0.6) is 5.75 Å². The Labute approximate surface area is 179 Å². The summed E-state index contributed by atoms with van der Waals surface area (Å²) in [5.74, 6) is 0.638. The van der Waals surface area contributed by atoms with Crippen LogP contribution in [0.2, 0.25) is 0 Å². The lowest BCUT2D eigenvalue weighted by Crippen LogP contribution is -2.14. The number of carbonyl (C=O) groups excluding carboxylic acids is 1. The first kappa shape index (κ1) is 21.4. The number of fused-ring (bicyclic) bond motifs is 1. The molecule has 1 fully saturated rings. The number of rotatable bonds is 8. The highest BCUT2D eigenvalue weighted by Crippen LogP contribution is 2.29.